The number of piperidine rings is 1. The molecule has 246 valence electrons. The molecule has 3 aromatic rings. The monoisotopic (exact) mass is 648 g/mol. The van der Waals surface area contributed by atoms with E-state index in [0.717, 1.165) is 37.1 Å². The molecule has 8 nitrogen and oxygen atoms in total. The first kappa shape index (κ1) is 32.5. The van der Waals surface area contributed by atoms with Crippen molar-refractivity contribution >= 4 is 11.6 Å². The van der Waals surface area contributed by atoms with E-state index in [4.69, 9.17) is 18.9 Å². The molecule has 0 bridgehead atoms. The van der Waals surface area contributed by atoms with Gasteiger partial charge in [-0.15, -0.1) is 0 Å². The molecule has 3 aliphatic rings. The van der Waals surface area contributed by atoms with Crippen LogP contribution in [0.1, 0.15) is 59.2 Å². The summed E-state index contributed by atoms with van der Waals surface area (Å²) in [7, 11) is 0. The zero-order chi connectivity index (χ0) is 32.6. The van der Waals surface area contributed by atoms with Crippen molar-refractivity contribution in [3.8, 4) is 0 Å². The number of hydrogen-bond acceptors (Lipinski definition) is 7. The predicted molar refractivity (Wildman–Crippen MR) is 154 cm³/mol. The molecule has 1 amide bonds. The predicted octanol–water partition coefficient (Wildman–Crippen LogP) is 5.76. The van der Waals surface area contributed by atoms with Crippen LogP contribution >= 0.6 is 0 Å². The molecule has 2 N–H and O–H groups in total. The number of nitrogens with one attached hydrogen (secondary N) is 1. The van der Waals surface area contributed by atoms with Crippen molar-refractivity contribution in [2.75, 3.05) is 38.2 Å². The standard InChI is InChI=1S/C33H33F5N2O6/c1-18-23(16-40-11-9-33(10-12-40)43-13-14-44-33)45-32(46-30(18)20-7-5-19(17-41)6-8-20)21-3-2-4-22(15-21)39-31(42)24-25(34)27(36)29(38)28(37)26(24)35/h2-8,15,18,23,30,32,41H,9-14,16-17H2,1H3,(H,39,42). The van der Waals surface area contributed by atoms with Crippen molar-refractivity contribution in [1.82, 2.24) is 4.90 Å². The fourth-order valence-electron chi connectivity index (χ4n) is 6.21. The van der Waals surface area contributed by atoms with Gasteiger partial charge in [-0.1, -0.05) is 43.3 Å². The average molecular weight is 649 g/mol. The summed E-state index contributed by atoms with van der Waals surface area (Å²) in [6.07, 6.45) is -0.226. The van der Waals surface area contributed by atoms with Crippen LogP contribution in [-0.2, 0) is 25.6 Å². The lowest BCUT2D eigenvalue weighted by Crippen LogP contribution is -2.50. The van der Waals surface area contributed by atoms with Gasteiger partial charge in [0.15, 0.2) is 35.3 Å². The Morgan fingerprint density at radius 2 is 1.52 bits per heavy atom. The van der Waals surface area contributed by atoms with E-state index >= 15 is 0 Å². The number of rotatable bonds is 7. The molecule has 3 fully saturated rings. The van der Waals surface area contributed by atoms with E-state index in [1.54, 1.807) is 12.1 Å². The molecule has 3 aliphatic heterocycles. The molecule has 4 unspecified atom stereocenters. The maximum absolute atomic E-state index is 14.3. The number of carbonyl (C=O) groups excluding carboxylic acids is 1. The number of anilines is 1. The van der Waals surface area contributed by atoms with Crippen LogP contribution in [0.2, 0.25) is 0 Å². The van der Waals surface area contributed by atoms with Gasteiger partial charge in [0.1, 0.15) is 5.56 Å². The number of aliphatic hydroxyl groups excluding tert-OH is 1. The lowest BCUT2D eigenvalue weighted by atomic mass is 9.89. The minimum Gasteiger partial charge on any atom is -0.392 e. The van der Waals surface area contributed by atoms with Crippen molar-refractivity contribution in [3.63, 3.8) is 0 Å². The Hall–Kier alpha value is -3.46. The van der Waals surface area contributed by atoms with Gasteiger partial charge < -0.3 is 34.3 Å². The highest BCUT2D eigenvalue weighted by molar-refractivity contribution is 6.04. The lowest BCUT2D eigenvalue weighted by molar-refractivity contribution is -0.278. The Bertz CT molecular complexity index is 1550. The zero-order valence-electron chi connectivity index (χ0n) is 24.9. The van der Waals surface area contributed by atoms with Crippen molar-refractivity contribution in [2.24, 2.45) is 5.92 Å². The van der Waals surface area contributed by atoms with E-state index in [0.29, 0.717) is 25.3 Å². The average Bonchev–Trinajstić information content (AvgIpc) is 3.53. The summed E-state index contributed by atoms with van der Waals surface area (Å²) >= 11 is 0. The fourth-order valence-corrected chi connectivity index (χ4v) is 6.21. The van der Waals surface area contributed by atoms with Crippen LogP contribution in [0.4, 0.5) is 27.6 Å². The Morgan fingerprint density at radius 3 is 2.15 bits per heavy atom. The second-order valence-corrected chi connectivity index (χ2v) is 11.8. The zero-order valence-corrected chi connectivity index (χ0v) is 24.9. The number of amides is 1. The number of ether oxygens (including phenoxy) is 4. The Morgan fingerprint density at radius 1 is 0.891 bits per heavy atom. The van der Waals surface area contributed by atoms with Crippen molar-refractivity contribution in [1.29, 1.82) is 0 Å². The highest BCUT2D eigenvalue weighted by atomic mass is 19.2. The maximum Gasteiger partial charge on any atom is 0.261 e. The molecule has 0 radical (unpaired) electrons. The van der Waals surface area contributed by atoms with E-state index < -0.39 is 58.7 Å². The summed E-state index contributed by atoms with van der Waals surface area (Å²) < 4.78 is 94.2. The summed E-state index contributed by atoms with van der Waals surface area (Å²) in [6.45, 7) is 5.16. The molecule has 0 aliphatic carbocycles. The molecule has 6 rings (SSSR count). The molecular formula is C33H33F5N2O6. The summed E-state index contributed by atoms with van der Waals surface area (Å²) in [6, 6.07) is 13.5. The number of nitrogens with zero attached hydrogens (tertiary/aromatic N) is 1. The number of carbonyl (C=O) groups is 1. The highest BCUT2D eigenvalue weighted by Gasteiger charge is 2.43. The number of hydrogen-bond donors (Lipinski definition) is 2. The van der Waals surface area contributed by atoms with Gasteiger partial charge in [-0.25, -0.2) is 22.0 Å². The lowest BCUT2D eigenvalue weighted by Gasteiger charge is -2.44. The van der Waals surface area contributed by atoms with Gasteiger partial charge in [0.25, 0.3) is 5.91 Å². The SMILES string of the molecule is CC1C(CN2CCC3(CC2)OCCO3)OC(c2cccc(NC(=O)c3c(F)c(F)c(F)c(F)c3F)c2)OC1c1ccc(CO)cc1. The molecular weight excluding hydrogens is 615 g/mol. The topological polar surface area (TPSA) is 89.5 Å². The molecule has 13 heteroatoms. The first-order valence-corrected chi connectivity index (χ1v) is 15.0. The fraction of sp³-hybridized carbons (Fsp3) is 0.424. The van der Waals surface area contributed by atoms with E-state index in [2.05, 4.69) is 10.2 Å². The van der Waals surface area contributed by atoms with Crippen molar-refractivity contribution in [3.05, 3.63) is 99.9 Å². The normalized spacial score (nSPS) is 24.8. The largest absolute Gasteiger partial charge is 0.392 e. The van der Waals surface area contributed by atoms with Crippen LogP contribution in [0, 0.1) is 35.0 Å². The molecule has 0 aromatic heterocycles. The van der Waals surface area contributed by atoms with Gasteiger partial charge in [-0.2, -0.15) is 0 Å². The molecule has 46 heavy (non-hydrogen) atoms. The minimum absolute atomic E-state index is 0.0237. The number of likely N-dealkylation sites (tertiary alicyclic amines) is 1. The van der Waals surface area contributed by atoms with E-state index in [1.165, 1.54) is 12.1 Å². The van der Waals surface area contributed by atoms with Crippen LogP contribution in [-0.4, -0.2) is 60.7 Å². The smallest absolute Gasteiger partial charge is 0.261 e. The molecule has 3 aromatic carbocycles. The van der Waals surface area contributed by atoms with Crippen LogP contribution in [0.5, 0.6) is 0 Å². The Labute approximate surface area is 262 Å². The van der Waals surface area contributed by atoms with Crippen molar-refractivity contribution < 1.29 is 50.8 Å². The third kappa shape index (κ3) is 6.40. The van der Waals surface area contributed by atoms with Gasteiger partial charge in [-0.3, -0.25) is 4.79 Å². The molecule has 3 saturated heterocycles. The highest BCUT2D eigenvalue weighted by Crippen LogP contribution is 2.43. The van der Waals surface area contributed by atoms with Crippen LogP contribution in [0.3, 0.4) is 0 Å². The Kier molecular flexibility index (Phi) is 9.42. The number of benzene rings is 3. The van der Waals surface area contributed by atoms with Gasteiger partial charge in [0.2, 0.25) is 5.82 Å². The maximum atomic E-state index is 14.3. The summed E-state index contributed by atoms with van der Waals surface area (Å²) in [4.78, 5) is 15.0. The van der Waals surface area contributed by atoms with E-state index in [-0.39, 0.29) is 24.3 Å². The molecule has 4 atom stereocenters. The molecule has 0 saturated carbocycles. The van der Waals surface area contributed by atoms with Crippen molar-refractivity contribution in [2.45, 2.75) is 50.7 Å². The molecule has 3 heterocycles. The van der Waals surface area contributed by atoms with Gasteiger partial charge in [-0.05, 0) is 23.3 Å². The second kappa shape index (κ2) is 13.3. The van der Waals surface area contributed by atoms with E-state index in [1.807, 2.05) is 31.2 Å². The second-order valence-electron chi connectivity index (χ2n) is 11.8. The number of halogens is 5. The quantitative estimate of drug-likeness (QED) is 0.192. The third-order valence-electron chi connectivity index (χ3n) is 8.85. The van der Waals surface area contributed by atoms with Crippen LogP contribution in [0.15, 0.2) is 48.5 Å². The first-order chi connectivity index (χ1) is 22.1. The van der Waals surface area contributed by atoms with E-state index in [9.17, 15) is 31.9 Å². The van der Waals surface area contributed by atoms with Crippen LogP contribution < -0.4 is 5.32 Å². The Balaban J connectivity index is 1.24. The summed E-state index contributed by atoms with van der Waals surface area (Å²) in [5.41, 5.74) is 0.491. The minimum atomic E-state index is -2.35. The first-order valence-electron chi connectivity index (χ1n) is 15.0. The summed E-state index contributed by atoms with van der Waals surface area (Å²) in [5, 5.41) is 11.7. The number of aliphatic hydroxyl groups is 1. The third-order valence-corrected chi connectivity index (χ3v) is 8.85. The van der Waals surface area contributed by atoms with Crippen LogP contribution in [0.25, 0.3) is 0 Å². The van der Waals surface area contributed by atoms with Gasteiger partial charge in [0, 0.05) is 49.6 Å². The van der Waals surface area contributed by atoms with Gasteiger partial charge in [0.05, 0.1) is 32.0 Å². The summed E-state index contributed by atoms with van der Waals surface area (Å²) in [5.74, 6) is -13.4. The molecule has 1 spiro atoms. The van der Waals surface area contributed by atoms with Gasteiger partial charge >= 0.3 is 0 Å².